The van der Waals surface area contributed by atoms with Gasteiger partial charge in [-0.1, -0.05) is 16.5 Å². The zero-order valence-corrected chi connectivity index (χ0v) is 11.3. The van der Waals surface area contributed by atoms with E-state index >= 15 is 0 Å². The van der Waals surface area contributed by atoms with Gasteiger partial charge in [-0.05, 0) is 26.0 Å². The molecule has 0 fully saturated rings. The number of hydrogen-bond acceptors (Lipinski definition) is 5. The summed E-state index contributed by atoms with van der Waals surface area (Å²) < 4.78 is 49.9. The molecule has 0 aliphatic heterocycles. The van der Waals surface area contributed by atoms with Crippen LogP contribution in [0.1, 0.15) is 13.8 Å². The first kappa shape index (κ1) is 14.6. The van der Waals surface area contributed by atoms with Gasteiger partial charge in [-0.15, -0.1) is 0 Å². The van der Waals surface area contributed by atoms with E-state index in [1.807, 2.05) is 0 Å². The fraction of sp³-hybridized carbons (Fsp3) is 0.300. The molecule has 0 aromatic heterocycles. The Hall–Kier alpha value is -1.50. The Kier molecular flexibility index (Phi) is 4.05. The van der Waals surface area contributed by atoms with Crippen LogP contribution in [-0.4, -0.2) is 28.2 Å². The second kappa shape index (κ2) is 5.01. The first-order chi connectivity index (χ1) is 8.23. The third-order valence-electron chi connectivity index (χ3n) is 2.21. The van der Waals surface area contributed by atoms with Gasteiger partial charge >= 0.3 is 0 Å². The molecule has 0 saturated carbocycles. The topological polar surface area (TPSA) is 97.7 Å². The van der Waals surface area contributed by atoms with Crippen LogP contribution in [0.5, 0.6) is 0 Å². The first-order valence-electron chi connectivity index (χ1n) is 4.90. The van der Waals surface area contributed by atoms with E-state index in [0.29, 0.717) is 0 Å². The highest BCUT2D eigenvalue weighted by Gasteiger charge is 2.28. The van der Waals surface area contributed by atoms with Gasteiger partial charge in [-0.2, -0.15) is 8.42 Å². The third kappa shape index (κ3) is 2.66. The summed E-state index contributed by atoms with van der Waals surface area (Å²) in [4.78, 5) is 9.19. The highest BCUT2D eigenvalue weighted by molar-refractivity contribution is 7.94. The molecule has 8 heteroatoms. The lowest BCUT2D eigenvalue weighted by Gasteiger charge is -2.10. The summed E-state index contributed by atoms with van der Waals surface area (Å²) in [7, 11) is -8.11. The minimum Gasteiger partial charge on any atom is -0.223 e. The molecule has 1 aromatic carbocycles. The van der Waals surface area contributed by atoms with E-state index in [4.69, 9.17) is 0 Å². The number of benzene rings is 1. The first-order valence-corrected chi connectivity index (χ1v) is 7.89. The van der Waals surface area contributed by atoms with Gasteiger partial charge in [-0.25, -0.2) is 13.2 Å². The monoisotopic (exact) mass is 289 g/mol. The van der Waals surface area contributed by atoms with Gasteiger partial charge in [0.1, 0.15) is 4.90 Å². The number of isocyanates is 1. The molecule has 0 radical (unpaired) electrons. The SMILES string of the molecule is CC(C)S(=O)(=O)c1ccccc1S(=O)(=O)N=C=O. The molecule has 0 bridgehead atoms. The molecule has 0 N–H and O–H groups in total. The van der Waals surface area contributed by atoms with E-state index in [0.717, 1.165) is 12.1 Å². The van der Waals surface area contributed by atoms with Crippen LogP contribution in [0.25, 0.3) is 0 Å². The molecule has 1 rings (SSSR count). The van der Waals surface area contributed by atoms with Crippen LogP contribution < -0.4 is 0 Å². The summed E-state index contributed by atoms with van der Waals surface area (Å²) in [6.07, 6.45) is 0.907. The van der Waals surface area contributed by atoms with Crippen molar-refractivity contribution in [2.45, 2.75) is 28.9 Å². The van der Waals surface area contributed by atoms with Crippen molar-refractivity contribution in [3.8, 4) is 0 Å². The van der Waals surface area contributed by atoms with Gasteiger partial charge < -0.3 is 0 Å². The lowest BCUT2D eigenvalue weighted by molar-refractivity contribution is 0.562. The number of hydrogen-bond donors (Lipinski definition) is 0. The van der Waals surface area contributed by atoms with Crippen LogP contribution in [0, 0.1) is 0 Å². The van der Waals surface area contributed by atoms with Crippen molar-refractivity contribution in [2.24, 2.45) is 4.40 Å². The second-order valence-corrected chi connectivity index (χ2v) is 7.74. The van der Waals surface area contributed by atoms with Crippen LogP contribution >= 0.6 is 0 Å². The molecule has 0 spiro atoms. The van der Waals surface area contributed by atoms with E-state index in [1.54, 1.807) is 0 Å². The quantitative estimate of drug-likeness (QED) is 0.605. The van der Waals surface area contributed by atoms with E-state index in [9.17, 15) is 21.6 Å². The molecule has 98 valence electrons. The largest absolute Gasteiger partial charge is 0.293 e. The van der Waals surface area contributed by atoms with Crippen LogP contribution in [0.4, 0.5) is 0 Å². The van der Waals surface area contributed by atoms with E-state index in [2.05, 4.69) is 4.40 Å². The number of sulfonamides is 1. The molecule has 6 nitrogen and oxygen atoms in total. The minimum absolute atomic E-state index is 0.362. The molecular weight excluding hydrogens is 278 g/mol. The number of sulfone groups is 1. The zero-order chi connectivity index (χ0) is 14.0. The van der Waals surface area contributed by atoms with Gasteiger partial charge in [0.2, 0.25) is 0 Å². The van der Waals surface area contributed by atoms with Crippen molar-refractivity contribution >= 4 is 25.9 Å². The van der Waals surface area contributed by atoms with Crippen molar-refractivity contribution in [1.82, 2.24) is 0 Å². The summed E-state index contributed by atoms with van der Waals surface area (Å²) in [5, 5.41) is -0.783. The molecular formula is C10H11NO5S2. The number of rotatable bonds is 4. The van der Waals surface area contributed by atoms with Crippen LogP contribution in [0.2, 0.25) is 0 Å². The summed E-state index contributed by atoms with van der Waals surface area (Å²) in [5.74, 6) is 0. The number of carbonyl (C=O) groups excluding carboxylic acids is 1. The normalized spacial score (nSPS) is 12.2. The predicted octanol–water partition coefficient (Wildman–Crippen LogP) is 0.893. The molecule has 0 aliphatic carbocycles. The van der Waals surface area contributed by atoms with Crippen LogP contribution in [-0.2, 0) is 24.7 Å². The maximum absolute atomic E-state index is 12.0. The van der Waals surface area contributed by atoms with Crippen molar-refractivity contribution in [3.63, 3.8) is 0 Å². The summed E-state index contributed by atoms with van der Waals surface area (Å²) in [6.45, 7) is 2.86. The standard InChI is InChI=1S/C10H11NO5S2/c1-8(2)17(13,14)9-5-3-4-6-10(9)18(15,16)11-7-12/h3-6,8H,1-2H3. The maximum Gasteiger partial charge on any atom is 0.293 e. The van der Waals surface area contributed by atoms with Crippen molar-refractivity contribution in [2.75, 3.05) is 0 Å². The Labute approximate surface area is 105 Å². The average molecular weight is 289 g/mol. The zero-order valence-electron chi connectivity index (χ0n) is 9.69. The fourth-order valence-electron chi connectivity index (χ4n) is 1.25. The van der Waals surface area contributed by atoms with E-state index < -0.39 is 30.0 Å². The van der Waals surface area contributed by atoms with Gasteiger partial charge in [0, 0.05) is 0 Å². The van der Waals surface area contributed by atoms with E-state index in [-0.39, 0.29) is 4.90 Å². The number of nitrogens with zero attached hydrogens (tertiary/aromatic N) is 1. The summed E-state index contributed by atoms with van der Waals surface area (Å²) in [5.41, 5.74) is 0. The smallest absolute Gasteiger partial charge is 0.223 e. The van der Waals surface area contributed by atoms with Crippen molar-refractivity contribution < 1.29 is 21.6 Å². The minimum atomic E-state index is -4.34. The van der Waals surface area contributed by atoms with Gasteiger partial charge in [0.15, 0.2) is 9.84 Å². The van der Waals surface area contributed by atoms with Crippen molar-refractivity contribution in [3.05, 3.63) is 24.3 Å². The molecule has 0 unspecified atom stereocenters. The highest BCUT2D eigenvalue weighted by atomic mass is 32.2. The van der Waals surface area contributed by atoms with Crippen molar-refractivity contribution in [1.29, 1.82) is 0 Å². The third-order valence-corrected chi connectivity index (χ3v) is 5.78. The van der Waals surface area contributed by atoms with E-state index in [1.165, 1.54) is 32.0 Å². The van der Waals surface area contributed by atoms with Crippen LogP contribution in [0.15, 0.2) is 38.5 Å². The lowest BCUT2D eigenvalue weighted by atomic mass is 10.4. The molecule has 1 aromatic rings. The Morgan fingerprint density at radius 2 is 1.56 bits per heavy atom. The Morgan fingerprint density at radius 1 is 1.06 bits per heavy atom. The highest BCUT2D eigenvalue weighted by Crippen LogP contribution is 2.25. The molecule has 0 saturated heterocycles. The fourth-order valence-corrected chi connectivity index (χ4v) is 3.81. The predicted molar refractivity (Wildman–Crippen MR) is 64.1 cm³/mol. The Morgan fingerprint density at radius 3 is 2.00 bits per heavy atom. The summed E-state index contributed by atoms with van der Waals surface area (Å²) >= 11 is 0. The molecule has 0 amide bonds. The Bertz CT molecular complexity index is 698. The summed E-state index contributed by atoms with van der Waals surface area (Å²) in [6, 6.07) is 5.01. The molecule has 0 heterocycles. The average Bonchev–Trinajstić information content (AvgIpc) is 2.28. The van der Waals surface area contributed by atoms with Gasteiger partial charge in [0.05, 0.1) is 10.1 Å². The molecule has 0 atom stereocenters. The van der Waals surface area contributed by atoms with Crippen LogP contribution in [0.3, 0.4) is 0 Å². The second-order valence-electron chi connectivity index (χ2n) is 3.70. The molecule has 18 heavy (non-hydrogen) atoms. The Balaban J connectivity index is 3.67. The molecule has 0 aliphatic rings. The van der Waals surface area contributed by atoms with Gasteiger partial charge in [0.25, 0.3) is 16.1 Å². The maximum atomic E-state index is 12.0. The lowest BCUT2D eigenvalue weighted by Crippen LogP contribution is -2.17. The van der Waals surface area contributed by atoms with Gasteiger partial charge in [-0.3, -0.25) is 0 Å².